The Kier molecular flexibility index (Phi) is 5.60. The molecule has 186 valence electrons. The fourth-order valence-corrected chi connectivity index (χ4v) is 5.18. The van der Waals surface area contributed by atoms with Gasteiger partial charge < -0.3 is 14.8 Å². The third-order valence-electron chi connectivity index (χ3n) is 7.00. The smallest absolute Gasteiger partial charge is 0.272 e. The SMILES string of the molecule is Cn1ccc(C(=O)NC2CCN(c3ccc4c(cnn4-c4ccc(=O)n(C)c4)c3)C2c2ccccc2)n1. The number of anilines is 1. The Balaban J connectivity index is 1.33. The van der Waals surface area contributed by atoms with Crippen LogP contribution in [-0.2, 0) is 14.1 Å². The molecule has 1 amide bonds. The number of carbonyl (C=O) groups is 1. The number of rotatable bonds is 5. The van der Waals surface area contributed by atoms with Gasteiger partial charge >= 0.3 is 0 Å². The van der Waals surface area contributed by atoms with Crippen molar-refractivity contribution in [1.29, 1.82) is 0 Å². The van der Waals surface area contributed by atoms with Gasteiger partial charge in [0, 0.05) is 50.2 Å². The second-order valence-corrected chi connectivity index (χ2v) is 9.43. The molecule has 3 aromatic heterocycles. The van der Waals surface area contributed by atoms with Crippen molar-refractivity contribution in [3.8, 4) is 5.69 Å². The predicted octanol–water partition coefficient (Wildman–Crippen LogP) is 3.21. The summed E-state index contributed by atoms with van der Waals surface area (Å²) >= 11 is 0. The quantitative estimate of drug-likeness (QED) is 0.406. The summed E-state index contributed by atoms with van der Waals surface area (Å²) < 4.78 is 5.02. The van der Waals surface area contributed by atoms with Crippen molar-refractivity contribution in [3.63, 3.8) is 0 Å². The number of pyridine rings is 1. The molecule has 1 aliphatic rings. The molecule has 37 heavy (non-hydrogen) atoms. The average molecular weight is 494 g/mol. The third kappa shape index (κ3) is 4.18. The first kappa shape index (κ1) is 22.8. The average Bonchev–Trinajstić information content (AvgIpc) is 3.64. The fourth-order valence-electron chi connectivity index (χ4n) is 5.18. The Morgan fingerprint density at radius 1 is 1.00 bits per heavy atom. The van der Waals surface area contributed by atoms with Crippen molar-refractivity contribution in [2.75, 3.05) is 11.4 Å². The topological polar surface area (TPSA) is 90.0 Å². The Morgan fingerprint density at radius 2 is 1.81 bits per heavy atom. The molecule has 0 spiro atoms. The standard InChI is InChI=1S/C28H27N7O2/c1-32-18-22(9-11-26(32)36)35-25-10-8-21(16-20(25)17-29-35)34-15-13-23(27(34)19-6-4-3-5-7-19)30-28(37)24-12-14-33(2)31-24/h3-12,14,16-18,23,27H,13,15H2,1-2H3,(H,30,37). The second kappa shape index (κ2) is 9.09. The summed E-state index contributed by atoms with van der Waals surface area (Å²) in [7, 11) is 3.54. The molecule has 0 aliphatic carbocycles. The lowest BCUT2D eigenvalue weighted by atomic mass is 9.99. The minimum absolute atomic E-state index is 0.0231. The zero-order valence-corrected chi connectivity index (χ0v) is 20.7. The molecule has 9 heteroatoms. The Labute approximate surface area is 213 Å². The van der Waals surface area contributed by atoms with Crippen LogP contribution in [0, 0.1) is 0 Å². The molecule has 1 N–H and O–H groups in total. The van der Waals surface area contributed by atoms with Gasteiger partial charge in [-0.05, 0) is 42.3 Å². The molecule has 2 unspecified atom stereocenters. The second-order valence-electron chi connectivity index (χ2n) is 9.43. The molecular weight excluding hydrogens is 466 g/mol. The number of amides is 1. The largest absolute Gasteiger partial charge is 0.362 e. The highest BCUT2D eigenvalue weighted by Gasteiger charge is 2.37. The molecule has 1 fully saturated rings. The number of hydrogen-bond donors (Lipinski definition) is 1. The lowest BCUT2D eigenvalue weighted by molar-refractivity contribution is 0.0929. The lowest BCUT2D eigenvalue weighted by Gasteiger charge is -2.31. The monoisotopic (exact) mass is 493 g/mol. The number of carbonyl (C=O) groups excluding carboxylic acids is 1. The summed E-state index contributed by atoms with van der Waals surface area (Å²) in [6, 6.07) is 21.6. The summed E-state index contributed by atoms with van der Waals surface area (Å²) in [4.78, 5) is 27.1. The molecule has 4 heterocycles. The minimum atomic E-state index is -0.164. The molecule has 0 saturated carbocycles. The van der Waals surface area contributed by atoms with Gasteiger partial charge in [-0.15, -0.1) is 0 Å². The van der Waals surface area contributed by atoms with Gasteiger partial charge in [-0.25, -0.2) is 4.68 Å². The molecule has 0 bridgehead atoms. The highest BCUT2D eigenvalue weighted by atomic mass is 16.2. The Hall–Kier alpha value is -4.66. The van der Waals surface area contributed by atoms with E-state index >= 15 is 0 Å². The molecule has 6 rings (SSSR count). The minimum Gasteiger partial charge on any atom is -0.362 e. The van der Waals surface area contributed by atoms with E-state index in [0.29, 0.717) is 5.69 Å². The van der Waals surface area contributed by atoms with Crippen LogP contribution in [0.15, 0.2) is 90.1 Å². The van der Waals surface area contributed by atoms with Crippen molar-refractivity contribution in [2.24, 2.45) is 14.1 Å². The van der Waals surface area contributed by atoms with E-state index in [1.165, 1.54) is 0 Å². The summed E-state index contributed by atoms with van der Waals surface area (Å²) in [5.74, 6) is -0.164. The van der Waals surface area contributed by atoms with Crippen LogP contribution < -0.4 is 15.8 Å². The van der Waals surface area contributed by atoms with E-state index in [4.69, 9.17) is 0 Å². The highest BCUT2D eigenvalue weighted by Crippen LogP contribution is 2.38. The summed E-state index contributed by atoms with van der Waals surface area (Å²) in [5, 5.41) is 13.1. The number of hydrogen-bond acceptors (Lipinski definition) is 5. The van der Waals surface area contributed by atoms with Crippen molar-refractivity contribution in [2.45, 2.75) is 18.5 Å². The Morgan fingerprint density at radius 3 is 2.57 bits per heavy atom. The van der Waals surface area contributed by atoms with Gasteiger partial charge in [0.05, 0.1) is 29.5 Å². The molecule has 0 radical (unpaired) electrons. The van der Waals surface area contributed by atoms with Gasteiger partial charge in [0.2, 0.25) is 5.56 Å². The number of fused-ring (bicyclic) bond motifs is 1. The maximum absolute atomic E-state index is 13.0. The zero-order valence-electron chi connectivity index (χ0n) is 20.7. The van der Waals surface area contributed by atoms with E-state index in [0.717, 1.165) is 40.8 Å². The van der Waals surface area contributed by atoms with Gasteiger partial charge in [0.15, 0.2) is 0 Å². The molecule has 2 atom stereocenters. The molecule has 1 saturated heterocycles. The van der Waals surface area contributed by atoms with Gasteiger partial charge in [-0.2, -0.15) is 10.2 Å². The lowest BCUT2D eigenvalue weighted by Crippen LogP contribution is -2.40. The maximum atomic E-state index is 13.0. The van der Waals surface area contributed by atoms with Crippen molar-refractivity contribution in [3.05, 3.63) is 107 Å². The fraction of sp³-hybridized carbons (Fsp3) is 0.214. The molecule has 9 nitrogen and oxygen atoms in total. The van der Waals surface area contributed by atoms with Crippen molar-refractivity contribution < 1.29 is 4.79 Å². The first-order valence-electron chi connectivity index (χ1n) is 12.2. The van der Waals surface area contributed by atoms with Crippen LogP contribution in [0.5, 0.6) is 0 Å². The van der Waals surface area contributed by atoms with Crippen LogP contribution in [-0.4, -0.2) is 42.6 Å². The molecule has 2 aromatic carbocycles. The highest BCUT2D eigenvalue weighted by molar-refractivity contribution is 5.92. The van der Waals surface area contributed by atoms with Crippen LogP contribution >= 0.6 is 0 Å². The predicted molar refractivity (Wildman–Crippen MR) is 142 cm³/mol. The van der Waals surface area contributed by atoms with E-state index in [1.807, 2.05) is 29.1 Å². The van der Waals surface area contributed by atoms with Crippen LogP contribution in [0.3, 0.4) is 0 Å². The maximum Gasteiger partial charge on any atom is 0.272 e. The van der Waals surface area contributed by atoms with Crippen molar-refractivity contribution >= 4 is 22.5 Å². The van der Waals surface area contributed by atoms with Gasteiger partial charge in [0.1, 0.15) is 5.69 Å². The van der Waals surface area contributed by atoms with E-state index in [1.54, 1.807) is 53.9 Å². The molecular formula is C28H27N7O2. The molecule has 1 aliphatic heterocycles. The van der Waals surface area contributed by atoms with E-state index in [2.05, 4.69) is 50.7 Å². The van der Waals surface area contributed by atoms with Crippen LogP contribution in [0.1, 0.15) is 28.5 Å². The van der Waals surface area contributed by atoms with Crippen molar-refractivity contribution in [1.82, 2.24) is 29.4 Å². The number of aromatic nitrogens is 5. The van der Waals surface area contributed by atoms with E-state index < -0.39 is 0 Å². The number of nitrogens with one attached hydrogen (secondary N) is 1. The van der Waals surface area contributed by atoms with Gasteiger partial charge in [-0.1, -0.05) is 30.3 Å². The van der Waals surface area contributed by atoms with E-state index in [-0.39, 0.29) is 23.6 Å². The van der Waals surface area contributed by atoms with Crippen LogP contribution in [0.4, 0.5) is 5.69 Å². The third-order valence-corrected chi connectivity index (χ3v) is 7.00. The number of nitrogens with zero attached hydrogens (tertiary/aromatic N) is 6. The van der Waals surface area contributed by atoms with E-state index in [9.17, 15) is 9.59 Å². The number of aryl methyl sites for hydroxylation is 2. The Bertz CT molecular complexity index is 1650. The normalized spacial score (nSPS) is 17.4. The summed E-state index contributed by atoms with van der Waals surface area (Å²) in [6.45, 7) is 0.799. The summed E-state index contributed by atoms with van der Waals surface area (Å²) in [6.07, 6.45) is 6.21. The zero-order chi connectivity index (χ0) is 25.5. The number of benzene rings is 2. The first-order chi connectivity index (χ1) is 18.0. The van der Waals surface area contributed by atoms with Crippen LogP contribution in [0.25, 0.3) is 16.6 Å². The van der Waals surface area contributed by atoms with Gasteiger partial charge in [0.25, 0.3) is 5.91 Å². The summed E-state index contributed by atoms with van der Waals surface area (Å²) in [5.41, 5.74) is 4.35. The van der Waals surface area contributed by atoms with Crippen LogP contribution in [0.2, 0.25) is 0 Å². The van der Waals surface area contributed by atoms with Gasteiger partial charge in [-0.3, -0.25) is 14.3 Å². The first-order valence-corrected chi connectivity index (χ1v) is 12.2. The molecule has 5 aromatic rings.